The number of hydrogen-bond donors (Lipinski definition) is 1. The molecule has 3 aromatic heterocycles. The number of aromatic nitrogens is 4. The van der Waals surface area contributed by atoms with Crippen LogP contribution in [0.5, 0.6) is 5.75 Å². The zero-order chi connectivity index (χ0) is 29.7. The number of nitrogens with zero attached hydrogens (tertiary/aromatic N) is 6. The maximum Gasteiger partial charge on any atom is 0.303 e. The van der Waals surface area contributed by atoms with E-state index in [1.165, 1.54) is 15.7 Å². The molecule has 2 aliphatic rings. The van der Waals surface area contributed by atoms with E-state index in [0.29, 0.717) is 59.1 Å². The Hall–Kier alpha value is -2.97. The van der Waals surface area contributed by atoms with Gasteiger partial charge in [0.05, 0.1) is 22.3 Å². The average molecular weight is 652 g/mol. The monoisotopic (exact) mass is 650 g/mol. The summed E-state index contributed by atoms with van der Waals surface area (Å²) in [6.07, 6.45) is 4.27. The Kier molecular flexibility index (Phi) is 8.05. The number of carbonyl (C=O) groups excluding carboxylic acids is 1. The van der Waals surface area contributed by atoms with Gasteiger partial charge >= 0.3 is 5.56 Å². The molecule has 1 amide bonds. The van der Waals surface area contributed by atoms with E-state index >= 15 is 0 Å². The van der Waals surface area contributed by atoms with Crippen LogP contribution in [0.1, 0.15) is 30.7 Å². The van der Waals surface area contributed by atoms with Gasteiger partial charge in [-0.1, -0.05) is 29.3 Å². The Morgan fingerprint density at radius 3 is 2.67 bits per heavy atom. The van der Waals surface area contributed by atoms with Gasteiger partial charge in [-0.2, -0.15) is 0 Å². The van der Waals surface area contributed by atoms with Crippen LogP contribution in [0.25, 0.3) is 16.5 Å². The SMILES string of the molecule is CC1CN(C(=O)Cn2cc(N3CCCS3=O)n3c(=O)c(O)c(-c4ncc(Cc5ccc(Cl)c(Cl)c5)s4)nc23)C[C@H](C)O1. The van der Waals surface area contributed by atoms with Crippen molar-refractivity contribution in [2.75, 3.05) is 29.7 Å². The Bertz CT molecular complexity index is 1760. The molecule has 0 bridgehead atoms. The molecule has 5 heterocycles. The molecule has 0 radical (unpaired) electrons. The first kappa shape index (κ1) is 29.1. The van der Waals surface area contributed by atoms with Gasteiger partial charge in [0.1, 0.15) is 28.4 Å². The second-order valence-corrected chi connectivity index (χ2v) is 13.9. The number of halogens is 2. The lowest BCUT2D eigenvalue weighted by Crippen LogP contribution is -2.49. The molecule has 2 aliphatic heterocycles. The van der Waals surface area contributed by atoms with Crippen molar-refractivity contribution in [3.05, 3.63) is 61.4 Å². The molecule has 222 valence electrons. The predicted molar refractivity (Wildman–Crippen MR) is 163 cm³/mol. The molecule has 15 heteroatoms. The first-order valence-corrected chi connectivity index (χ1v) is 16.3. The Balaban J connectivity index is 1.40. The Labute approximate surface area is 257 Å². The average Bonchev–Trinajstić information content (AvgIpc) is 3.66. The van der Waals surface area contributed by atoms with E-state index in [9.17, 15) is 18.9 Å². The van der Waals surface area contributed by atoms with Crippen LogP contribution in [0.2, 0.25) is 10.0 Å². The Morgan fingerprint density at radius 2 is 1.98 bits per heavy atom. The highest BCUT2D eigenvalue weighted by atomic mass is 35.5. The molecule has 0 saturated carbocycles. The zero-order valence-corrected chi connectivity index (χ0v) is 26.0. The van der Waals surface area contributed by atoms with Crippen LogP contribution in [-0.2, 0) is 33.5 Å². The number of benzene rings is 1. The largest absolute Gasteiger partial charge is 0.501 e. The van der Waals surface area contributed by atoms with Gasteiger partial charge in [0.2, 0.25) is 17.4 Å². The molecule has 2 unspecified atom stereocenters. The number of anilines is 1. The summed E-state index contributed by atoms with van der Waals surface area (Å²) in [5.74, 6) is 0.189. The number of thiazole rings is 1. The minimum atomic E-state index is -1.35. The van der Waals surface area contributed by atoms with E-state index in [4.69, 9.17) is 27.9 Å². The summed E-state index contributed by atoms with van der Waals surface area (Å²) in [4.78, 5) is 38.7. The smallest absolute Gasteiger partial charge is 0.303 e. The fourth-order valence-electron chi connectivity index (χ4n) is 5.34. The molecule has 11 nitrogen and oxygen atoms in total. The molecule has 1 aromatic carbocycles. The van der Waals surface area contributed by atoms with Crippen molar-refractivity contribution in [2.45, 2.75) is 45.4 Å². The van der Waals surface area contributed by atoms with Crippen LogP contribution in [-0.4, -0.2) is 76.7 Å². The molecular weight excluding hydrogens is 623 g/mol. The summed E-state index contributed by atoms with van der Waals surface area (Å²) < 4.78 is 22.9. The Morgan fingerprint density at radius 1 is 1.21 bits per heavy atom. The maximum absolute atomic E-state index is 13.6. The number of aromatic hydroxyl groups is 1. The van der Waals surface area contributed by atoms with Crippen LogP contribution in [0.3, 0.4) is 0 Å². The number of imidazole rings is 1. The lowest BCUT2D eigenvalue weighted by molar-refractivity contribution is -0.143. The number of rotatable bonds is 6. The quantitative estimate of drug-likeness (QED) is 0.337. The van der Waals surface area contributed by atoms with Gasteiger partial charge in [-0.15, -0.1) is 11.3 Å². The standard InChI is InChI=1S/C27H28Cl2N6O5S2/c1-15-11-32(12-16(2)40-15)22(36)14-33-13-21(34-6-3-7-42(34)39)35-26(38)24(37)23(31-27(33)35)25-30-10-18(41-25)8-17-4-5-19(28)20(29)9-17/h4-5,9-10,13,15-16,37H,3,6-8,11-12,14H2,1-2H3/t15-,16?,42?/m0/s1. The lowest BCUT2D eigenvalue weighted by atomic mass is 10.1. The van der Waals surface area contributed by atoms with Gasteiger partial charge in [0, 0.05) is 49.1 Å². The summed E-state index contributed by atoms with van der Waals surface area (Å²) in [6, 6.07) is 5.37. The topological polar surface area (TPSA) is 122 Å². The highest BCUT2D eigenvalue weighted by Crippen LogP contribution is 2.33. The fraction of sp³-hybridized carbons (Fsp3) is 0.407. The highest BCUT2D eigenvalue weighted by molar-refractivity contribution is 7.86. The number of amides is 1. The van der Waals surface area contributed by atoms with Crippen molar-refractivity contribution in [1.82, 2.24) is 23.8 Å². The third kappa shape index (κ3) is 5.55. The van der Waals surface area contributed by atoms with Crippen LogP contribution in [0.15, 0.2) is 35.4 Å². The number of ether oxygens (including phenoxy) is 1. The molecule has 42 heavy (non-hydrogen) atoms. The number of carbonyl (C=O) groups is 1. The van der Waals surface area contributed by atoms with Gasteiger partial charge in [-0.3, -0.25) is 13.9 Å². The third-order valence-electron chi connectivity index (χ3n) is 7.18. The predicted octanol–water partition coefficient (Wildman–Crippen LogP) is 3.73. The van der Waals surface area contributed by atoms with Crippen LogP contribution in [0, 0.1) is 0 Å². The summed E-state index contributed by atoms with van der Waals surface area (Å²) in [7, 11) is -1.35. The van der Waals surface area contributed by atoms with Crippen molar-refractivity contribution in [2.24, 2.45) is 0 Å². The van der Waals surface area contributed by atoms with Gasteiger partial charge in [0.15, 0.2) is 5.69 Å². The minimum absolute atomic E-state index is 0.0138. The summed E-state index contributed by atoms with van der Waals surface area (Å²) in [5.41, 5.74) is 0.213. The number of morpholine rings is 1. The molecule has 2 saturated heterocycles. The molecule has 1 N–H and O–H groups in total. The highest BCUT2D eigenvalue weighted by Gasteiger charge is 2.31. The maximum atomic E-state index is 13.6. The summed E-state index contributed by atoms with van der Waals surface area (Å²) in [6.45, 7) is 5.11. The van der Waals surface area contributed by atoms with Crippen LogP contribution >= 0.6 is 34.5 Å². The summed E-state index contributed by atoms with van der Waals surface area (Å²) in [5, 5.41) is 12.3. The van der Waals surface area contributed by atoms with E-state index in [1.54, 1.807) is 38.3 Å². The number of hydrogen-bond acceptors (Lipinski definition) is 8. The molecule has 0 aliphatic carbocycles. The van der Waals surface area contributed by atoms with Gasteiger partial charge in [0.25, 0.3) is 0 Å². The van der Waals surface area contributed by atoms with Crippen molar-refractivity contribution in [3.8, 4) is 16.5 Å². The first-order valence-electron chi connectivity index (χ1n) is 13.4. The van der Waals surface area contributed by atoms with Gasteiger partial charge in [-0.25, -0.2) is 18.6 Å². The van der Waals surface area contributed by atoms with E-state index < -0.39 is 22.3 Å². The lowest BCUT2D eigenvalue weighted by Gasteiger charge is -2.35. The van der Waals surface area contributed by atoms with Crippen molar-refractivity contribution in [3.63, 3.8) is 0 Å². The molecule has 6 rings (SSSR count). The van der Waals surface area contributed by atoms with Crippen molar-refractivity contribution >= 4 is 63.0 Å². The van der Waals surface area contributed by atoms with E-state index in [0.717, 1.165) is 10.4 Å². The van der Waals surface area contributed by atoms with Crippen LogP contribution < -0.4 is 9.86 Å². The van der Waals surface area contributed by atoms with E-state index in [1.807, 2.05) is 19.9 Å². The van der Waals surface area contributed by atoms with Crippen molar-refractivity contribution in [1.29, 1.82) is 0 Å². The fourth-order valence-corrected chi connectivity index (χ4v) is 7.86. The zero-order valence-electron chi connectivity index (χ0n) is 22.8. The second kappa shape index (κ2) is 11.6. The minimum Gasteiger partial charge on any atom is -0.501 e. The molecular formula is C27H28Cl2N6O5S2. The third-order valence-corrected chi connectivity index (χ3v) is 10.4. The van der Waals surface area contributed by atoms with Gasteiger partial charge in [-0.05, 0) is 38.0 Å². The van der Waals surface area contributed by atoms with E-state index in [2.05, 4.69) is 9.97 Å². The molecule has 0 spiro atoms. The van der Waals surface area contributed by atoms with Gasteiger partial charge < -0.3 is 19.3 Å². The number of fused-ring (bicyclic) bond motifs is 1. The molecule has 3 atom stereocenters. The molecule has 2 fully saturated rings. The summed E-state index contributed by atoms with van der Waals surface area (Å²) >= 11 is 13.5. The normalized spacial score (nSPS) is 21.0. The van der Waals surface area contributed by atoms with Crippen LogP contribution in [0.4, 0.5) is 5.82 Å². The molecule has 4 aromatic rings. The van der Waals surface area contributed by atoms with Crippen molar-refractivity contribution < 1.29 is 18.8 Å². The van der Waals surface area contributed by atoms with E-state index in [-0.39, 0.29) is 36.1 Å². The second-order valence-electron chi connectivity index (χ2n) is 10.5. The first-order chi connectivity index (χ1) is 20.1.